The Bertz CT molecular complexity index is 306. The van der Waals surface area contributed by atoms with E-state index in [9.17, 15) is 9.59 Å². The van der Waals surface area contributed by atoms with Crippen LogP contribution in [0.3, 0.4) is 0 Å². The van der Waals surface area contributed by atoms with Crippen molar-refractivity contribution in [1.82, 2.24) is 21.7 Å². The number of amides is 2. The molecule has 0 fully saturated rings. The van der Waals surface area contributed by atoms with Crippen LogP contribution in [-0.4, -0.2) is 11.8 Å². The summed E-state index contributed by atoms with van der Waals surface area (Å²) in [5.41, 5.74) is 12.3. The molecule has 6 heteroatoms. The third kappa shape index (κ3) is 10.5. The summed E-state index contributed by atoms with van der Waals surface area (Å²) in [6.45, 7) is 7.62. The minimum Gasteiger partial charge on any atom is -0.306 e. The van der Waals surface area contributed by atoms with Crippen LogP contribution in [0.15, 0.2) is 23.5 Å². The van der Waals surface area contributed by atoms with E-state index in [1.165, 1.54) is 0 Å². The Morgan fingerprint density at radius 3 is 1.39 bits per heavy atom. The molecule has 6 nitrogen and oxygen atoms in total. The molecule has 102 valence electrons. The van der Waals surface area contributed by atoms with Crippen molar-refractivity contribution in [2.24, 2.45) is 0 Å². The number of carbonyl (C=O) groups is 2. The fourth-order valence-corrected chi connectivity index (χ4v) is 0.874. The molecular weight excluding hydrogens is 232 g/mol. The summed E-state index contributed by atoms with van der Waals surface area (Å²) >= 11 is 0. The van der Waals surface area contributed by atoms with E-state index in [1.54, 1.807) is 12.4 Å². The monoisotopic (exact) mass is 254 g/mol. The topological polar surface area (TPSA) is 82.3 Å². The van der Waals surface area contributed by atoms with Gasteiger partial charge in [-0.15, -0.1) is 0 Å². The zero-order chi connectivity index (χ0) is 14.0. The number of allylic oxidation sites excluding steroid dienone is 2. The summed E-state index contributed by atoms with van der Waals surface area (Å²) < 4.78 is 0. The zero-order valence-electron chi connectivity index (χ0n) is 11.4. The third-order valence-corrected chi connectivity index (χ3v) is 1.72. The Kier molecular flexibility index (Phi) is 8.09. The van der Waals surface area contributed by atoms with Gasteiger partial charge >= 0.3 is 0 Å². The Balaban J connectivity index is 3.69. The lowest BCUT2D eigenvalue weighted by Gasteiger charge is -2.06. The predicted octanol–water partition coefficient (Wildman–Crippen LogP) is 0.856. The van der Waals surface area contributed by atoms with Gasteiger partial charge in [0.25, 0.3) is 0 Å². The summed E-state index contributed by atoms with van der Waals surface area (Å²) in [5, 5.41) is 0. The highest BCUT2D eigenvalue weighted by Gasteiger charge is 2.04. The maximum atomic E-state index is 11.3. The highest BCUT2D eigenvalue weighted by molar-refractivity contribution is 5.83. The summed E-state index contributed by atoms with van der Waals surface area (Å²) in [6, 6.07) is 0. The first-order valence-corrected chi connectivity index (χ1v) is 5.77. The van der Waals surface area contributed by atoms with Crippen LogP contribution in [0, 0.1) is 0 Å². The second-order valence-electron chi connectivity index (χ2n) is 4.33. The van der Waals surface area contributed by atoms with Crippen molar-refractivity contribution in [3.63, 3.8) is 0 Å². The molecule has 2 amide bonds. The van der Waals surface area contributed by atoms with Crippen LogP contribution in [0.1, 0.15) is 40.5 Å². The SMILES string of the molecule is CC(C)=CNNC(=O)CCC(=O)NNC=C(C)C. The number of rotatable bonds is 7. The largest absolute Gasteiger partial charge is 0.306 e. The fourth-order valence-electron chi connectivity index (χ4n) is 0.874. The normalized spacial score (nSPS) is 8.89. The van der Waals surface area contributed by atoms with E-state index in [-0.39, 0.29) is 24.7 Å². The van der Waals surface area contributed by atoms with E-state index in [4.69, 9.17) is 0 Å². The van der Waals surface area contributed by atoms with Crippen LogP contribution in [0.4, 0.5) is 0 Å². The molecule has 0 unspecified atom stereocenters. The van der Waals surface area contributed by atoms with Crippen LogP contribution >= 0.6 is 0 Å². The summed E-state index contributed by atoms with van der Waals surface area (Å²) in [6.07, 6.45) is 3.61. The molecule has 0 atom stereocenters. The van der Waals surface area contributed by atoms with Gasteiger partial charge in [0.1, 0.15) is 0 Å². The molecule has 0 bridgehead atoms. The minimum absolute atomic E-state index is 0.131. The van der Waals surface area contributed by atoms with Gasteiger partial charge in [-0.2, -0.15) is 0 Å². The fraction of sp³-hybridized carbons (Fsp3) is 0.500. The molecule has 0 aliphatic rings. The number of nitrogens with one attached hydrogen (secondary N) is 4. The minimum atomic E-state index is -0.232. The van der Waals surface area contributed by atoms with Gasteiger partial charge in [0, 0.05) is 25.2 Å². The molecule has 0 saturated heterocycles. The highest BCUT2D eigenvalue weighted by Crippen LogP contribution is 1.89. The van der Waals surface area contributed by atoms with Gasteiger partial charge in [0.2, 0.25) is 11.8 Å². The van der Waals surface area contributed by atoms with E-state index in [0.717, 1.165) is 11.1 Å². The zero-order valence-corrected chi connectivity index (χ0v) is 11.4. The van der Waals surface area contributed by atoms with Crippen LogP contribution in [0.2, 0.25) is 0 Å². The second kappa shape index (κ2) is 9.09. The van der Waals surface area contributed by atoms with Crippen LogP contribution in [0.25, 0.3) is 0 Å². The van der Waals surface area contributed by atoms with E-state index in [1.807, 2.05) is 27.7 Å². The maximum Gasteiger partial charge on any atom is 0.238 e. The summed E-state index contributed by atoms with van der Waals surface area (Å²) in [4.78, 5) is 22.6. The maximum absolute atomic E-state index is 11.3. The molecule has 0 aliphatic heterocycles. The summed E-state index contributed by atoms with van der Waals surface area (Å²) in [7, 11) is 0. The van der Waals surface area contributed by atoms with Crippen LogP contribution in [0.5, 0.6) is 0 Å². The van der Waals surface area contributed by atoms with Gasteiger partial charge in [-0.1, -0.05) is 11.1 Å². The second-order valence-corrected chi connectivity index (χ2v) is 4.33. The van der Waals surface area contributed by atoms with Gasteiger partial charge in [-0.05, 0) is 27.7 Å². The molecule has 0 rings (SSSR count). The van der Waals surface area contributed by atoms with Crippen molar-refractivity contribution >= 4 is 11.8 Å². The van der Waals surface area contributed by atoms with Crippen molar-refractivity contribution in [1.29, 1.82) is 0 Å². The third-order valence-electron chi connectivity index (χ3n) is 1.72. The first-order chi connectivity index (χ1) is 8.41. The molecule has 0 heterocycles. The predicted molar refractivity (Wildman–Crippen MR) is 70.7 cm³/mol. The molecule has 0 aliphatic carbocycles. The van der Waals surface area contributed by atoms with E-state index in [2.05, 4.69) is 21.7 Å². The van der Waals surface area contributed by atoms with Gasteiger partial charge in [-0.3, -0.25) is 20.4 Å². The summed E-state index contributed by atoms with van der Waals surface area (Å²) in [5.74, 6) is -0.463. The van der Waals surface area contributed by atoms with E-state index >= 15 is 0 Å². The Labute approximate surface area is 108 Å². The molecule has 0 aromatic heterocycles. The van der Waals surface area contributed by atoms with Crippen molar-refractivity contribution < 1.29 is 9.59 Å². The lowest BCUT2D eigenvalue weighted by atomic mass is 10.3. The Morgan fingerprint density at radius 2 is 1.11 bits per heavy atom. The lowest BCUT2D eigenvalue weighted by Crippen LogP contribution is -2.37. The number of hydrogen-bond donors (Lipinski definition) is 4. The highest BCUT2D eigenvalue weighted by atomic mass is 16.2. The number of hydrogen-bond acceptors (Lipinski definition) is 4. The van der Waals surface area contributed by atoms with Crippen LogP contribution < -0.4 is 21.7 Å². The molecule has 0 aromatic rings. The molecule has 18 heavy (non-hydrogen) atoms. The molecule has 0 aromatic carbocycles. The van der Waals surface area contributed by atoms with Gasteiger partial charge in [0.05, 0.1) is 0 Å². The van der Waals surface area contributed by atoms with Gasteiger partial charge in [-0.25, -0.2) is 0 Å². The molecular formula is C12H22N4O2. The average Bonchev–Trinajstić information content (AvgIpc) is 2.25. The van der Waals surface area contributed by atoms with E-state index < -0.39 is 0 Å². The van der Waals surface area contributed by atoms with Crippen LogP contribution in [-0.2, 0) is 9.59 Å². The molecule has 0 spiro atoms. The average molecular weight is 254 g/mol. The number of carbonyl (C=O) groups excluding carboxylic acids is 2. The molecule has 0 saturated carbocycles. The van der Waals surface area contributed by atoms with Crippen molar-refractivity contribution in [2.45, 2.75) is 40.5 Å². The van der Waals surface area contributed by atoms with Crippen molar-refractivity contribution in [3.8, 4) is 0 Å². The van der Waals surface area contributed by atoms with E-state index in [0.29, 0.717) is 0 Å². The smallest absolute Gasteiger partial charge is 0.238 e. The Morgan fingerprint density at radius 1 is 0.778 bits per heavy atom. The lowest BCUT2D eigenvalue weighted by molar-refractivity contribution is -0.127. The quantitative estimate of drug-likeness (QED) is 0.508. The standard InChI is InChI=1S/C12H22N4O2/c1-9(2)7-13-15-11(17)5-6-12(18)16-14-8-10(3)4/h7-8,13-14H,5-6H2,1-4H3,(H,15,17)(H,16,18). The first-order valence-electron chi connectivity index (χ1n) is 5.77. The first kappa shape index (κ1) is 16.0. The van der Waals surface area contributed by atoms with Gasteiger partial charge < -0.3 is 10.9 Å². The number of hydrazine groups is 2. The van der Waals surface area contributed by atoms with Gasteiger partial charge in [0.15, 0.2) is 0 Å². The molecule has 4 N–H and O–H groups in total. The Hall–Kier alpha value is -1.98. The van der Waals surface area contributed by atoms with Crippen molar-refractivity contribution in [2.75, 3.05) is 0 Å². The van der Waals surface area contributed by atoms with Crippen molar-refractivity contribution in [3.05, 3.63) is 23.5 Å². The molecule has 0 radical (unpaired) electrons.